The van der Waals surface area contributed by atoms with Gasteiger partial charge < -0.3 is 10.2 Å². The summed E-state index contributed by atoms with van der Waals surface area (Å²) in [5.41, 5.74) is -2.42. The number of aryl methyl sites for hydroxylation is 1. The highest BCUT2D eigenvalue weighted by Gasteiger charge is 2.57. The molecule has 0 aliphatic heterocycles. The zero-order valence-corrected chi connectivity index (χ0v) is 8.87. The van der Waals surface area contributed by atoms with Gasteiger partial charge in [-0.15, -0.1) is 0 Å². The Bertz CT molecular complexity index is 413. The molecule has 0 aliphatic carbocycles. The minimum Gasteiger partial charge on any atom is -0.477 e. The maximum atomic E-state index is 13.3. The number of hydrogen-bond donors (Lipinski definition) is 2. The number of alkyl halides is 2. The lowest BCUT2D eigenvalue weighted by molar-refractivity contribution is -0.207. The summed E-state index contributed by atoms with van der Waals surface area (Å²) in [6.07, 6.45) is 0. The van der Waals surface area contributed by atoms with Crippen LogP contribution in [0.15, 0.2) is 24.3 Å². The van der Waals surface area contributed by atoms with Crippen LogP contribution in [0.5, 0.6) is 0 Å². The van der Waals surface area contributed by atoms with Crippen molar-refractivity contribution < 1.29 is 23.8 Å². The van der Waals surface area contributed by atoms with Crippen LogP contribution in [0, 0.1) is 6.92 Å². The zero-order valence-electron chi connectivity index (χ0n) is 8.87. The molecule has 1 rings (SSSR count). The summed E-state index contributed by atoms with van der Waals surface area (Å²) < 4.78 is 26.7. The lowest BCUT2D eigenvalue weighted by Crippen LogP contribution is -2.49. The van der Waals surface area contributed by atoms with Gasteiger partial charge in [-0.3, -0.25) is 0 Å². The molecule has 0 fully saturated rings. The number of carboxylic acid groups (broad SMARTS) is 1. The molecule has 0 amide bonds. The highest BCUT2D eigenvalue weighted by atomic mass is 19.3. The molecule has 2 N–H and O–H groups in total. The van der Waals surface area contributed by atoms with Gasteiger partial charge in [-0.05, 0) is 25.0 Å². The van der Waals surface area contributed by atoms with Gasteiger partial charge in [-0.2, -0.15) is 8.78 Å². The van der Waals surface area contributed by atoms with Crippen LogP contribution in [-0.2, 0) is 10.4 Å². The minimum atomic E-state index is -4.24. The first-order valence-corrected chi connectivity index (χ1v) is 4.61. The van der Waals surface area contributed by atoms with Crippen molar-refractivity contribution in [2.75, 3.05) is 0 Å². The molecular weight excluding hydrogens is 218 g/mol. The fourth-order valence-corrected chi connectivity index (χ4v) is 1.50. The molecule has 1 atom stereocenters. The van der Waals surface area contributed by atoms with E-state index in [-0.39, 0.29) is 5.56 Å². The molecule has 1 aromatic rings. The first-order valence-electron chi connectivity index (χ1n) is 4.61. The van der Waals surface area contributed by atoms with Crippen LogP contribution in [0.1, 0.15) is 18.1 Å². The van der Waals surface area contributed by atoms with Crippen molar-refractivity contribution >= 4 is 5.97 Å². The highest BCUT2D eigenvalue weighted by Crippen LogP contribution is 2.38. The van der Waals surface area contributed by atoms with Crippen molar-refractivity contribution in [3.63, 3.8) is 0 Å². The van der Waals surface area contributed by atoms with Crippen molar-refractivity contribution in [1.82, 2.24) is 0 Å². The van der Waals surface area contributed by atoms with Crippen LogP contribution in [0.3, 0.4) is 0 Å². The Morgan fingerprint density at radius 3 is 2.25 bits per heavy atom. The summed E-state index contributed by atoms with van der Waals surface area (Å²) >= 11 is 0. The summed E-state index contributed by atoms with van der Waals surface area (Å²) in [6, 6.07) is 5.90. The van der Waals surface area contributed by atoms with Gasteiger partial charge in [0, 0.05) is 0 Å². The van der Waals surface area contributed by atoms with E-state index in [2.05, 4.69) is 0 Å². The molecule has 1 aromatic carbocycles. The number of rotatable bonds is 3. The number of hydrogen-bond acceptors (Lipinski definition) is 2. The van der Waals surface area contributed by atoms with Gasteiger partial charge >= 0.3 is 11.9 Å². The van der Waals surface area contributed by atoms with E-state index in [0.717, 1.165) is 6.92 Å². The quantitative estimate of drug-likeness (QED) is 0.834. The van der Waals surface area contributed by atoms with Gasteiger partial charge in [0.05, 0.1) is 0 Å². The van der Waals surface area contributed by atoms with E-state index in [0.29, 0.717) is 5.56 Å². The molecule has 0 saturated heterocycles. The maximum Gasteiger partial charge on any atom is 0.378 e. The molecule has 1 unspecified atom stereocenters. The molecule has 3 nitrogen and oxygen atoms in total. The molecule has 0 bridgehead atoms. The zero-order chi connectivity index (χ0) is 12.6. The van der Waals surface area contributed by atoms with E-state index in [9.17, 15) is 18.7 Å². The third-order valence-corrected chi connectivity index (χ3v) is 2.55. The van der Waals surface area contributed by atoms with Gasteiger partial charge in [-0.25, -0.2) is 4.79 Å². The standard InChI is InChI=1S/C11H12F2O3/c1-7-5-3-4-6-8(7)10(2,16)11(12,13)9(14)15/h3-6,16H,1-2H3,(H,14,15). The van der Waals surface area contributed by atoms with E-state index >= 15 is 0 Å². The van der Waals surface area contributed by atoms with E-state index in [1.165, 1.54) is 25.1 Å². The predicted octanol–water partition coefficient (Wildman–Crippen LogP) is 1.92. The smallest absolute Gasteiger partial charge is 0.378 e. The largest absolute Gasteiger partial charge is 0.477 e. The van der Waals surface area contributed by atoms with Crippen LogP contribution in [0.2, 0.25) is 0 Å². The molecule has 5 heteroatoms. The van der Waals surface area contributed by atoms with Gasteiger partial charge in [0.2, 0.25) is 0 Å². The Balaban J connectivity index is 3.32. The third kappa shape index (κ3) is 1.78. The Labute approximate surface area is 91.3 Å². The van der Waals surface area contributed by atoms with Gasteiger partial charge in [0.25, 0.3) is 0 Å². The molecule has 0 saturated carbocycles. The van der Waals surface area contributed by atoms with E-state index < -0.39 is 17.5 Å². The predicted molar refractivity (Wildman–Crippen MR) is 53.3 cm³/mol. The maximum absolute atomic E-state index is 13.3. The van der Waals surface area contributed by atoms with Gasteiger partial charge in [0.15, 0.2) is 5.60 Å². The number of halogens is 2. The number of carboxylic acids is 1. The van der Waals surface area contributed by atoms with E-state index in [1.807, 2.05) is 0 Å². The van der Waals surface area contributed by atoms with Crippen molar-refractivity contribution in [2.24, 2.45) is 0 Å². The van der Waals surface area contributed by atoms with Crippen molar-refractivity contribution in [3.8, 4) is 0 Å². The molecule has 16 heavy (non-hydrogen) atoms. The van der Waals surface area contributed by atoms with Crippen LogP contribution in [0.25, 0.3) is 0 Å². The average Bonchev–Trinajstić information content (AvgIpc) is 2.17. The van der Waals surface area contributed by atoms with Crippen LogP contribution in [-0.4, -0.2) is 22.1 Å². The highest BCUT2D eigenvalue weighted by molar-refractivity contribution is 5.77. The van der Waals surface area contributed by atoms with Gasteiger partial charge in [-0.1, -0.05) is 24.3 Å². The van der Waals surface area contributed by atoms with Crippen LogP contribution in [0.4, 0.5) is 8.78 Å². The molecule has 88 valence electrons. The molecule has 0 spiro atoms. The molecule has 0 aliphatic rings. The Morgan fingerprint density at radius 1 is 1.31 bits per heavy atom. The SMILES string of the molecule is Cc1ccccc1C(C)(O)C(F)(F)C(=O)O. The Hall–Kier alpha value is -1.49. The van der Waals surface area contributed by atoms with Crippen LogP contribution >= 0.6 is 0 Å². The normalized spacial score (nSPS) is 15.6. The van der Waals surface area contributed by atoms with Crippen molar-refractivity contribution in [1.29, 1.82) is 0 Å². The van der Waals surface area contributed by atoms with Crippen molar-refractivity contribution in [2.45, 2.75) is 25.4 Å². The minimum absolute atomic E-state index is 0.0950. The average molecular weight is 230 g/mol. The van der Waals surface area contributed by atoms with E-state index in [4.69, 9.17) is 5.11 Å². The second-order valence-electron chi connectivity index (χ2n) is 3.77. The van der Waals surface area contributed by atoms with Gasteiger partial charge in [0.1, 0.15) is 0 Å². The summed E-state index contributed by atoms with van der Waals surface area (Å²) in [6.45, 7) is 2.32. The Morgan fingerprint density at radius 2 is 1.81 bits per heavy atom. The van der Waals surface area contributed by atoms with Crippen LogP contribution < -0.4 is 0 Å². The summed E-state index contributed by atoms with van der Waals surface area (Å²) in [7, 11) is 0. The number of aliphatic carboxylic acids is 1. The first-order chi connectivity index (χ1) is 7.21. The monoisotopic (exact) mass is 230 g/mol. The second-order valence-corrected chi connectivity index (χ2v) is 3.77. The molecule has 0 radical (unpaired) electrons. The molecular formula is C11H12F2O3. The lowest BCUT2D eigenvalue weighted by atomic mass is 9.86. The number of carbonyl (C=O) groups is 1. The topological polar surface area (TPSA) is 57.5 Å². The molecule has 0 heterocycles. The van der Waals surface area contributed by atoms with E-state index in [1.54, 1.807) is 6.07 Å². The first kappa shape index (κ1) is 12.6. The lowest BCUT2D eigenvalue weighted by Gasteiger charge is -2.30. The Kier molecular flexibility index (Phi) is 3.01. The summed E-state index contributed by atoms with van der Waals surface area (Å²) in [4.78, 5) is 10.4. The number of benzene rings is 1. The third-order valence-electron chi connectivity index (χ3n) is 2.55. The second kappa shape index (κ2) is 3.83. The number of aliphatic hydroxyl groups is 1. The summed E-state index contributed by atoms with van der Waals surface area (Å²) in [5, 5.41) is 18.2. The fraction of sp³-hybridized carbons (Fsp3) is 0.364. The summed E-state index contributed by atoms with van der Waals surface area (Å²) in [5.74, 6) is -6.58. The van der Waals surface area contributed by atoms with Crippen molar-refractivity contribution in [3.05, 3.63) is 35.4 Å². The fourth-order valence-electron chi connectivity index (χ4n) is 1.50. The molecule has 0 aromatic heterocycles.